The Hall–Kier alpha value is -1.06. The molecule has 4 heteroatoms. The van der Waals surface area contributed by atoms with E-state index in [0.717, 1.165) is 12.0 Å². The van der Waals surface area contributed by atoms with Gasteiger partial charge in [-0.15, -0.1) is 0 Å². The number of aldehydes is 1. The van der Waals surface area contributed by atoms with Crippen LogP contribution in [0.4, 0.5) is 5.69 Å². The summed E-state index contributed by atoms with van der Waals surface area (Å²) in [6.45, 7) is 3.78. The van der Waals surface area contributed by atoms with Gasteiger partial charge in [0.15, 0.2) is 6.29 Å². The van der Waals surface area contributed by atoms with Gasteiger partial charge in [0.2, 0.25) is 0 Å². The molecule has 1 aromatic rings. The van der Waals surface area contributed by atoms with Crippen LogP contribution in [0.1, 0.15) is 24.2 Å². The van der Waals surface area contributed by atoms with E-state index in [1.165, 1.54) is 0 Å². The minimum atomic E-state index is -0.442. The maximum atomic E-state index is 11.0. The monoisotopic (exact) mass is 241 g/mol. The van der Waals surface area contributed by atoms with Gasteiger partial charge >= 0.3 is 0 Å². The Morgan fingerprint density at radius 2 is 2.12 bits per heavy atom. The van der Waals surface area contributed by atoms with Crippen LogP contribution in [0.15, 0.2) is 18.2 Å². The molecule has 88 valence electrons. The quantitative estimate of drug-likeness (QED) is 0.823. The fourth-order valence-corrected chi connectivity index (χ4v) is 1.58. The second kappa shape index (κ2) is 4.85. The van der Waals surface area contributed by atoms with Crippen LogP contribution in [0.3, 0.4) is 0 Å². The molecule has 0 heterocycles. The average molecular weight is 242 g/mol. The van der Waals surface area contributed by atoms with E-state index < -0.39 is 5.54 Å². The molecule has 0 aliphatic carbocycles. The molecule has 0 fully saturated rings. The molecular weight excluding hydrogens is 226 g/mol. The topological polar surface area (TPSA) is 40.5 Å². The van der Waals surface area contributed by atoms with Crippen LogP contribution in [0, 0.1) is 0 Å². The Labute approximate surface area is 101 Å². The minimum absolute atomic E-state index is 0.00564. The molecule has 16 heavy (non-hydrogen) atoms. The predicted molar refractivity (Wildman–Crippen MR) is 66.4 cm³/mol. The van der Waals surface area contributed by atoms with Gasteiger partial charge in [-0.25, -0.2) is 0 Å². The Balaban J connectivity index is 3.23. The Morgan fingerprint density at radius 3 is 2.62 bits per heavy atom. The summed E-state index contributed by atoms with van der Waals surface area (Å²) in [5.74, 6) is 0. The average Bonchev–Trinajstić information content (AvgIpc) is 2.27. The van der Waals surface area contributed by atoms with E-state index in [-0.39, 0.29) is 6.61 Å². The van der Waals surface area contributed by atoms with E-state index in [1.54, 1.807) is 12.1 Å². The summed E-state index contributed by atoms with van der Waals surface area (Å²) in [4.78, 5) is 12.8. The number of aliphatic hydroxyl groups is 1. The van der Waals surface area contributed by atoms with Crippen molar-refractivity contribution in [2.24, 2.45) is 0 Å². The van der Waals surface area contributed by atoms with E-state index in [0.29, 0.717) is 10.6 Å². The number of halogens is 1. The molecule has 0 bridgehead atoms. The molecule has 0 unspecified atom stereocenters. The van der Waals surface area contributed by atoms with E-state index in [1.807, 2.05) is 31.9 Å². The maximum absolute atomic E-state index is 11.0. The Morgan fingerprint density at radius 1 is 1.50 bits per heavy atom. The first-order chi connectivity index (χ1) is 7.44. The van der Waals surface area contributed by atoms with Crippen molar-refractivity contribution in [3.63, 3.8) is 0 Å². The minimum Gasteiger partial charge on any atom is -0.394 e. The van der Waals surface area contributed by atoms with Crippen LogP contribution in [0.5, 0.6) is 0 Å². The van der Waals surface area contributed by atoms with Crippen LogP contribution < -0.4 is 4.90 Å². The largest absolute Gasteiger partial charge is 0.394 e. The molecule has 0 aromatic heterocycles. The van der Waals surface area contributed by atoms with E-state index in [9.17, 15) is 9.90 Å². The lowest BCUT2D eigenvalue weighted by Gasteiger charge is -2.36. The highest BCUT2D eigenvalue weighted by Crippen LogP contribution is 2.29. The lowest BCUT2D eigenvalue weighted by atomic mass is 10.0. The number of benzene rings is 1. The number of rotatable bonds is 4. The highest BCUT2D eigenvalue weighted by molar-refractivity contribution is 6.33. The molecule has 0 saturated heterocycles. The summed E-state index contributed by atoms with van der Waals surface area (Å²) in [5.41, 5.74) is 0.734. The number of nitrogens with zero attached hydrogens (tertiary/aromatic N) is 1. The molecule has 1 N–H and O–H groups in total. The van der Waals surface area contributed by atoms with E-state index >= 15 is 0 Å². The van der Waals surface area contributed by atoms with Gasteiger partial charge in [-0.2, -0.15) is 0 Å². The Bertz CT molecular complexity index is 391. The van der Waals surface area contributed by atoms with Crippen molar-refractivity contribution in [1.29, 1.82) is 0 Å². The van der Waals surface area contributed by atoms with Crippen LogP contribution in [-0.2, 0) is 0 Å². The SMILES string of the molecule is CN(c1cccc(Cl)c1C=O)C(C)(C)CO. The van der Waals surface area contributed by atoms with Crippen LogP contribution in [0.2, 0.25) is 5.02 Å². The molecule has 0 radical (unpaired) electrons. The third-order valence-electron chi connectivity index (χ3n) is 2.80. The van der Waals surface area contributed by atoms with Gasteiger partial charge in [0, 0.05) is 12.7 Å². The number of carbonyl (C=O) groups is 1. The molecule has 0 spiro atoms. The molecule has 1 rings (SSSR count). The van der Waals surface area contributed by atoms with Crippen molar-refractivity contribution < 1.29 is 9.90 Å². The van der Waals surface area contributed by atoms with Crippen molar-refractivity contribution in [2.45, 2.75) is 19.4 Å². The standard InChI is InChI=1S/C12H16ClNO2/c1-12(2,8-16)14(3)11-6-4-5-10(13)9(11)7-15/h4-7,16H,8H2,1-3H3. The third kappa shape index (κ3) is 2.36. The van der Waals surface area contributed by atoms with Crippen molar-refractivity contribution in [3.8, 4) is 0 Å². The predicted octanol–water partition coefficient (Wildman–Crippen LogP) is 2.36. The van der Waals surface area contributed by atoms with Gasteiger partial charge < -0.3 is 10.0 Å². The van der Waals surface area contributed by atoms with Crippen LogP contribution in [0.25, 0.3) is 0 Å². The van der Waals surface area contributed by atoms with Gasteiger partial charge in [0.1, 0.15) is 0 Å². The first-order valence-corrected chi connectivity index (χ1v) is 5.40. The molecule has 1 aromatic carbocycles. The molecule has 0 aliphatic rings. The highest BCUT2D eigenvalue weighted by Gasteiger charge is 2.24. The summed E-state index contributed by atoms with van der Waals surface area (Å²) in [7, 11) is 1.83. The number of anilines is 1. The van der Waals surface area contributed by atoms with Crippen molar-refractivity contribution >= 4 is 23.6 Å². The highest BCUT2D eigenvalue weighted by atomic mass is 35.5. The first-order valence-electron chi connectivity index (χ1n) is 5.02. The second-order valence-electron chi connectivity index (χ2n) is 4.32. The maximum Gasteiger partial charge on any atom is 0.153 e. The zero-order valence-electron chi connectivity index (χ0n) is 9.70. The number of hydrogen-bond donors (Lipinski definition) is 1. The Kier molecular flexibility index (Phi) is 3.94. The summed E-state index contributed by atoms with van der Waals surface area (Å²) in [6.07, 6.45) is 0.738. The summed E-state index contributed by atoms with van der Waals surface area (Å²) >= 11 is 5.95. The van der Waals surface area contributed by atoms with Crippen molar-refractivity contribution in [1.82, 2.24) is 0 Å². The third-order valence-corrected chi connectivity index (χ3v) is 3.13. The molecule has 0 aliphatic heterocycles. The molecule has 0 atom stereocenters. The van der Waals surface area contributed by atoms with Gasteiger partial charge in [0.25, 0.3) is 0 Å². The van der Waals surface area contributed by atoms with Gasteiger partial charge in [-0.1, -0.05) is 17.7 Å². The molecular formula is C12H16ClNO2. The second-order valence-corrected chi connectivity index (χ2v) is 4.73. The van der Waals surface area contributed by atoms with Crippen molar-refractivity contribution in [3.05, 3.63) is 28.8 Å². The smallest absolute Gasteiger partial charge is 0.153 e. The van der Waals surface area contributed by atoms with Crippen molar-refractivity contribution in [2.75, 3.05) is 18.6 Å². The van der Waals surface area contributed by atoms with Crippen LogP contribution in [-0.4, -0.2) is 30.6 Å². The van der Waals surface area contributed by atoms with Gasteiger partial charge in [0.05, 0.1) is 22.7 Å². The zero-order chi connectivity index (χ0) is 12.3. The lowest BCUT2D eigenvalue weighted by Crippen LogP contribution is -2.44. The molecule has 0 saturated carbocycles. The lowest BCUT2D eigenvalue weighted by molar-refractivity contribution is 0.112. The first kappa shape index (κ1) is 13.0. The fourth-order valence-electron chi connectivity index (χ4n) is 1.37. The van der Waals surface area contributed by atoms with Gasteiger partial charge in [-0.05, 0) is 26.0 Å². The van der Waals surface area contributed by atoms with Gasteiger partial charge in [-0.3, -0.25) is 4.79 Å². The molecule has 3 nitrogen and oxygen atoms in total. The molecule has 0 amide bonds. The van der Waals surface area contributed by atoms with Crippen LogP contribution >= 0.6 is 11.6 Å². The fraction of sp³-hybridized carbons (Fsp3) is 0.417. The normalized spacial score (nSPS) is 11.3. The number of aliphatic hydroxyl groups excluding tert-OH is 1. The number of likely N-dealkylation sites (N-methyl/N-ethyl adjacent to an activating group) is 1. The number of carbonyl (C=O) groups excluding carboxylic acids is 1. The number of hydrogen-bond acceptors (Lipinski definition) is 3. The summed E-state index contributed by atoms with van der Waals surface area (Å²) in [6, 6.07) is 5.27. The van der Waals surface area contributed by atoms with E-state index in [2.05, 4.69) is 0 Å². The summed E-state index contributed by atoms with van der Waals surface area (Å²) < 4.78 is 0. The summed E-state index contributed by atoms with van der Waals surface area (Å²) in [5, 5.41) is 9.72. The zero-order valence-corrected chi connectivity index (χ0v) is 10.5. The van der Waals surface area contributed by atoms with E-state index in [4.69, 9.17) is 11.6 Å².